The van der Waals surface area contributed by atoms with E-state index in [0.29, 0.717) is 23.9 Å². The molecule has 6 nitrogen and oxygen atoms in total. The monoisotopic (exact) mass is 581 g/mol. The number of benzene rings is 3. The minimum absolute atomic E-state index is 0.00429. The average Bonchev–Trinajstić information content (AvgIpc) is 3.30. The van der Waals surface area contributed by atoms with E-state index in [0.717, 1.165) is 78.3 Å². The molecule has 3 aromatic carbocycles. The van der Waals surface area contributed by atoms with Gasteiger partial charge >= 0.3 is 0 Å². The van der Waals surface area contributed by atoms with E-state index in [-0.39, 0.29) is 12.5 Å². The first-order valence-electron chi connectivity index (χ1n) is 13.9. The lowest BCUT2D eigenvalue weighted by Crippen LogP contribution is -2.29. The molecule has 1 amide bonds. The first kappa shape index (κ1) is 29.8. The molecule has 1 N–H and O–H groups in total. The third-order valence-corrected chi connectivity index (χ3v) is 7.62. The van der Waals surface area contributed by atoms with Crippen LogP contribution in [0.5, 0.6) is 11.5 Å². The molecule has 0 saturated heterocycles. The van der Waals surface area contributed by atoms with Crippen LogP contribution in [-0.4, -0.2) is 35.2 Å². The highest BCUT2D eigenvalue weighted by Crippen LogP contribution is 2.26. The first-order chi connectivity index (χ1) is 19.4. The predicted octanol–water partition coefficient (Wildman–Crippen LogP) is 7.73. The van der Waals surface area contributed by atoms with Crippen LogP contribution < -0.4 is 14.8 Å². The Kier molecular flexibility index (Phi) is 11.1. The molecule has 0 aliphatic rings. The van der Waals surface area contributed by atoms with Crippen molar-refractivity contribution >= 4 is 40.1 Å². The van der Waals surface area contributed by atoms with Crippen molar-refractivity contribution in [2.45, 2.75) is 58.9 Å². The van der Waals surface area contributed by atoms with E-state index in [1.165, 1.54) is 5.52 Å². The number of nitrogens with one attached hydrogen (secondary N) is 1. The molecule has 1 aromatic heterocycles. The number of para-hydroxylation sites is 2. The van der Waals surface area contributed by atoms with Crippen molar-refractivity contribution in [3.05, 3.63) is 87.7 Å². The third-order valence-electron chi connectivity index (χ3n) is 6.77. The number of hydrogen-bond acceptors (Lipinski definition) is 4. The first-order valence-corrected chi connectivity index (χ1v) is 14.6. The van der Waals surface area contributed by atoms with E-state index >= 15 is 0 Å². The molecule has 0 bridgehead atoms. The Morgan fingerprint density at radius 3 is 2.40 bits per heavy atom. The minimum atomic E-state index is -0.123. The minimum Gasteiger partial charge on any atom is -0.494 e. The normalized spacial score (nSPS) is 11.1. The van der Waals surface area contributed by atoms with Crippen LogP contribution >= 0.6 is 23.2 Å². The van der Waals surface area contributed by atoms with Crippen molar-refractivity contribution < 1.29 is 14.3 Å². The molecule has 4 rings (SSSR count). The lowest BCUT2D eigenvalue weighted by molar-refractivity contribution is -0.123. The van der Waals surface area contributed by atoms with Gasteiger partial charge in [0, 0.05) is 29.6 Å². The molecule has 40 heavy (non-hydrogen) atoms. The van der Waals surface area contributed by atoms with Gasteiger partial charge in [0.05, 0.1) is 17.6 Å². The highest BCUT2D eigenvalue weighted by atomic mass is 35.5. The van der Waals surface area contributed by atoms with Crippen molar-refractivity contribution in [2.75, 3.05) is 19.8 Å². The quantitative estimate of drug-likeness (QED) is 0.146. The highest BCUT2D eigenvalue weighted by molar-refractivity contribution is 6.32. The zero-order valence-electron chi connectivity index (χ0n) is 23.2. The average molecular weight is 583 g/mol. The second-order valence-corrected chi connectivity index (χ2v) is 10.8. The summed E-state index contributed by atoms with van der Waals surface area (Å²) in [5.41, 5.74) is 4.29. The van der Waals surface area contributed by atoms with Gasteiger partial charge in [-0.15, -0.1) is 0 Å². The van der Waals surface area contributed by atoms with Crippen LogP contribution in [0.4, 0.5) is 0 Å². The summed E-state index contributed by atoms with van der Waals surface area (Å²) in [5, 5.41) is 4.37. The van der Waals surface area contributed by atoms with E-state index < -0.39 is 0 Å². The van der Waals surface area contributed by atoms with Gasteiger partial charge in [0.15, 0.2) is 6.61 Å². The van der Waals surface area contributed by atoms with Crippen molar-refractivity contribution in [3.8, 4) is 11.5 Å². The molecule has 4 aromatic rings. The second-order valence-electron chi connectivity index (χ2n) is 10.00. The number of aryl methyl sites for hydroxylation is 4. The number of fused-ring (bicyclic) bond motifs is 1. The van der Waals surface area contributed by atoms with Gasteiger partial charge in [-0.25, -0.2) is 4.98 Å². The number of ether oxygens (including phenoxy) is 2. The number of carbonyl (C=O) groups excluding carboxylic acids is 1. The molecular weight excluding hydrogens is 545 g/mol. The van der Waals surface area contributed by atoms with Gasteiger partial charge in [-0.2, -0.15) is 0 Å². The molecule has 0 saturated carbocycles. The van der Waals surface area contributed by atoms with Gasteiger partial charge in [0.2, 0.25) is 0 Å². The smallest absolute Gasteiger partial charge is 0.257 e. The van der Waals surface area contributed by atoms with E-state index in [1.807, 2.05) is 32.0 Å². The van der Waals surface area contributed by atoms with Gasteiger partial charge in [0.25, 0.3) is 5.91 Å². The highest BCUT2D eigenvalue weighted by Gasteiger charge is 2.11. The van der Waals surface area contributed by atoms with Gasteiger partial charge in [-0.3, -0.25) is 4.79 Å². The summed E-state index contributed by atoms with van der Waals surface area (Å²) in [5.74, 6) is 2.49. The number of rotatable bonds is 15. The Morgan fingerprint density at radius 2 is 1.62 bits per heavy atom. The summed E-state index contributed by atoms with van der Waals surface area (Å²) in [6.07, 6.45) is 5.79. The van der Waals surface area contributed by atoms with Crippen LogP contribution in [0.2, 0.25) is 10.0 Å². The van der Waals surface area contributed by atoms with Crippen LogP contribution in [-0.2, 0) is 17.8 Å². The number of amides is 1. The Bertz CT molecular complexity index is 1380. The lowest BCUT2D eigenvalue weighted by atomic mass is 10.1. The number of halogens is 2. The number of nitrogens with zero attached hydrogens (tertiary/aromatic N) is 2. The Hall–Kier alpha value is -3.22. The summed E-state index contributed by atoms with van der Waals surface area (Å²) in [6, 6.07) is 19.3. The van der Waals surface area contributed by atoms with Crippen LogP contribution in [0, 0.1) is 13.8 Å². The fraction of sp³-hybridized carbons (Fsp3) is 0.375. The van der Waals surface area contributed by atoms with Gasteiger partial charge in [-0.05, 0) is 99.2 Å². The number of hydrogen-bond donors (Lipinski definition) is 1. The third kappa shape index (κ3) is 8.64. The summed E-state index contributed by atoms with van der Waals surface area (Å²) in [7, 11) is 0. The number of carbonyl (C=O) groups is 1. The molecule has 0 fully saturated rings. The molecule has 0 unspecified atom stereocenters. The Labute approximate surface area is 246 Å². The fourth-order valence-corrected chi connectivity index (χ4v) is 4.90. The zero-order chi connectivity index (χ0) is 28.3. The standard InChI is InChI=1S/C32H37Cl2N3O3/c1-23-20-27(21-24(2)32(23)34)39-19-9-8-18-37-29-11-6-5-10-28(29)36-30(37)12-4-3-7-17-35-31(38)22-40-26-15-13-25(33)14-16-26/h5-6,10-11,13-16,20-21H,3-4,7-9,12,17-19,22H2,1-2H3,(H,35,38). The molecule has 0 aliphatic heterocycles. The largest absolute Gasteiger partial charge is 0.494 e. The molecular formula is C32H37Cl2N3O3. The van der Waals surface area contributed by atoms with E-state index in [9.17, 15) is 4.79 Å². The molecule has 0 aliphatic carbocycles. The van der Waals surface area contributed by atoms with Gasteiger partial charge < -0.3 is 19.4 Å². The summed E-state index contributed by atoms with van der Waals surface area (Å²) in [6.45, 7) is 6.20. The fourth-order valence-electron chi connectivity index (χ4n) is 4.66. The molecule has 1 heterocycles. The van der Waals surface area contributed by atoms with Crippen LogP contribution in [0.25, 0.3) is 11.0 Å². The number of unbranched alkanes of at least 4 members (excludes halogenated alkanes) is 3. The van der Waals surface area contributed by atoms with Gasteiger partial charge in [0.1, 0.15) is 17.3 Å². The second kappa shape index (κ2) is 15.0. The summed E-state index contributed by atoms with van der Waals surface area (Å²) >= 11 is 12.1. The molecule has 0 atom stereocenters. The van der Waals surface area contributed by atoms with Crippen LogP contribution in [0.1, 0.15) is 49.1 Å². The Balaban J connectivity index is 1.17. The van der Waals surface area contributed by atoms with Crippen molar-refractivity contribution in [3.63, 3.8) is 0 Å². The predicted molar refractivity (Wildman–Crippen MR) is 163 cm³/mol. The van der Waals surface area contributed by atoms with Crippen molar-refractivity contribution in [1.82, 2.24) is 14.9 Å². The topological polar surface area (TPSA) is 65.4 Å². The van der Waals surface area contributed by atoms with E-state index in [2.05, 4.69) is 28.1 Å². The Morgan fingerprint density at radius 1 is 0.875 bits per heavy atom. The number of imidazole rings is 1. The SMILES string of the molecule is Cc1cc(OCCCCn2c(CCCCCNC(=O)COc3ccc(Cl)cc3)nc3ccccc32)cc(C)c1Cl. The van der Waals surface area contributed by atoms with Gasteiger partial charge in [-0.1, -0.05) is 41.8 Å². The van der Waals surface area contributed by atoms with E-state index in [1.54, 1.807) is 24.3 Å². The van der Waals surface area contributed by atoms with Crippen molar-refractivity contribution in [1.29, 1.82) is 0 Å². The van der Waals surface area contributed by atoms with Crippen LogP contribution in [0.3, 0.4) is 0 Å². The van der Waals surface area contributed by atoms with E-state index in [4.69, 9.17) is 37.7 Å². The maximum Gasteiger partial charge on any atom is 0.257 e. The maximum absolute atomic E-state index is 12.1. The summed E-state index contributed by atoms with van der Waals surface area (Å²) < 4.78 is 13.8. The van der Waals surface area contributed by atoms with Crippen LogP contribution in [0.15, 0.2) is 60.7 Å². The molecule has 0 spiro atoms. The zero-order valence-corrected chi connectivity index (χ0v) is 24.7. The lowest BCUT2D eigenvalue weighted by Gasteiger charge is -2.12. The molecule has 8 heteroatoms. The molecule has 212 valence electrons. The van der Waals surface area contributed by atoms with Crippen molar-refractivity contribution in [2.24, 2.45) is 0 Å². The summed E-state index contributed by atoms with van der Waals surface area (Å²) in [4.78, 5) is 17.0. The molecule has 0 radical (unpaired) electrons. The maximum atomic E-state index is 12.1. The number of aromatic nitrogens is 2.